The number of aliphatic hydroxyl groups excluding tert-OH is 2. The van der Waals surface area contributed by atoms with Gasteiger partial charge in [0.05, 0.1) is 24.5 Å². The van der Waals surface area contributed by atoms with Gasteiger partial charge in [-0.15, -0.1) is 0 Å². The van der Waals surface area contributed by atoms with Gasteiger partial charge in [0.1, 0.15) is 5.75 Å². The molecule has 5 rings (SSSR count). The summed E-state index contributed by atoms with van der Waals surface area (Å²) in [6.45, 7) is 1.65. The first kappa shape index (κ1) is 27.4. The van der Waals surface area contributed by atoms with Crippen LogP contribution in [0, 0.1) is 17.8 Å². The highest BCUT2D eigenvalue weighted by Crippen LogP contribution is 2.47. The average Bonchev–Trinajstić information content (AvgIpc) is 3.20. The fourth-order valence-corrected chi connectivity index (χ4v) is 7.04. The number of carbonyl (C=O) groups excluding carboxylic acids is 2. The third kappa shape index (κ3) is 5.45. The molecule has 0 unspecified atom stereocenters. The predicted molar refractivity (Wildman–Crippen MR) is 151 cm³/mol. The summed E-state index contributed by atoms with van der Waals surface area (Å²) >= 11 is 0. The summed E-state index contributed by atoms with van der Waals surface area (Å²) in [6, 6.07) is 17.0. The van der Waals surface area contributed by atoms with E-state index < -0.39 is 23.9 Å². The molecule has 1 saturated heterocycles. The van der Waals surface area contributed by atoms with Crippen LogP contribution in [0.2, 0.25) is 0 Å². The van der Waals surface area contributed by atoms with Gasteiger partial charge >= 0.3 is 0 Å². The minimum absolute atomic E-state index is 0.0367. The Morgan fingerprint density at radius 2 is 1.69 bits per heavy atom. The van der Waals surface area contributed by atoms with Crippen molar-refractivity contribution in [2.75, 3.05) is 6.61 Å². The molecule has 206 valence electrons. The molecule has 1 heterocycles. The Morgan fingerprint density at radius 1 is 1.00 bits per heavy atom. The van der Waals surface area contributed by atoms with E-state index in [2.05, 4.69) is 0 Å². The summed E-state index contributed by atoms with van der Waals surface area (Å²) in [7, 11) is 0. The number of para-hydroxylation sites is 1. The molecule has 1 aliphatic heterocycles. The molecule has 6 heteroatoms. The summed E-state index contributed by atoms with van der Waals surface area (Å²) in [5, 5.41) is 32.3. The second kappa shape index (κ2) is 11.9. The summed E-state index contributed by atoms with van der Waals surface area (Å²) < 4.78 is 0. The zero-order valence-corrected chi connectivity index (χ0v) is 22.6. The van der Waals surface area contributed by atoms with Crippen LogP contribution in [-0.4, -0.2) is 50.8 Å². The number of fused-ring (bicyclic) bond motifs is 1. The van der Waals surface area contributed by atoms with Crippen molar-refractivity contribution in [2.24, 2.45) is 17.8 Å². The first-order chi connectivity index (χ1) is 18.9. The molecule has 2 aliphatic carbocycles. The Morgan fingerprint density at radius 3 is 2.38 bits per heavy atom. The number of imide groups is 1. The Bertz CT molecular complexity index is 1260. The number of likely N-dealkylation sites (tertiary alicyclic amines) is 1. The number of benzene rings is 2. The van der Waals surface area contributed by atoms with Crippen molar-refractivity contribution < 1.29 is 24.9 Å². The van der Waals surface area contributed by atoms with Crippen LogP contribution in [0.15, 0.2) is 65.7 Å². The van der Waals surface area contributed by atoms with Gasteiger partial charge in [0.25, 0.3) is 0 Å². The fraction of sp³-hybridized carbons (Fsp3) is 0.455. The molecule has 39 heavy (non-hydrogen) atoms. The van der Waals surface area contributed by atoms with Crippen molar-refractivity contribution in [3.8, 4) is 5.75 Å². The van der Waals surface area contributed by atoms with Crippen LogP contribution in [0.4, 0.5) is 0 Å². The zero-order valence-electron chi connectivity index (χ0n) is 22.6. The number of allylic oxidation sites excluding steroid dienone is 2. The third-order valence-corrected chi connectivity index (χ3v) is 8.96. The van der Waals surface area contributed by atoms with E-state index in [-0.39, 0.29) is 30.2 Å². The third-order valence-electron chi connectivity index (χ3n) is 8.96. The Kier molecular flexibility index (Phi) is 8.34. The number of amides is 2. The van der Waals surface area contributed by atoms with Gasteiger partial charge in [-0.3, -0.25) is 14.5 Å². The Labute approximate surface area is 230 Å². The lowest BCUT2D eigenvalue weighted by molar-refractivity contribution is -0.143. The standard InChI is InChI=1S/C33H39NO5/c1-21-18-26-31(33(39)34(32(26)38)25-13-6-3-7-14-25)27(20-35)30(21)29(37)17-16-23(22-10-4-2-5-11-22)19-24-12-8-9-15-28(24)36/h2,4-5,8-12,15,19,25-27,29,31,35-37H,3,6-7,13-14,16-18,20H2,1H3/b23-19-/t26-,27+,29-,31-/m1/s1. The normalized spacial score (nSPS) is 25.3. The van der Waals surface area contributed by atoms with Crippen LogP contribution in [0.5, 0.6) is 5.75 Å². The lowest BCUT2D eigenvalue weighted by atomic mass is 9.68. The molecule has 3 aliphatic rings. The zero-order chi connectivity index (χ0) is 27.5. The number of hydrogen-bond acceptors (Lipinski definition) is 5. The number of aromatic hydroxyl groups is 1. The second-order valence-corrected chi connectivity index (χ2v) is 11.3. The van der Waals surface area contributed by atoms with Crippen LogP contribution in [0.3, 0.4) is 0 Å². The molecule has 0 bridgehead atoms. The lowest BCUT2D eigenvalue weighted by Gasteiger charge is -2.35. The van der Waals surface area contributed by atoms with Gasteiger partial charge < -0.3 is 15.3 Å². The molecule has 0 spiro atoms. The van der Waals surface area contributed by atoms with Crippen LogP contribution < -0.4 is 0 Å². The van der Waals surface area contributed by atoms with E-state index in [1.54, 1.807) is 12.1 Å². The van der Waals surface area contributed by atoms with Crippen LogP contribution >= 0.6 is 0 Å². The SMILES string of the molecule is CC1=C([C@H](O)CC/C(=C/c2ccccc2O)c2ccccc2)[C@H](CO)[C@@H]2C(=O)N(C3CCCCC3)C(=O)[C@@H]2C1. The highest BCUT2D eigenvalue weighted by molar-refractivity contribution is 6.06. The maximum atomic E-state index is 13.6. The molecule has 2 fully saturated rings. The smallest absolute Gasteiger partial charge is 0.234 e. The number of rotatable bonds is 8. The Hall–Kier alpha value is -3.22. The maximum absolute atomic E-state index is 13.6. The van der Waals surface area contributed by atoms with Gasteiger partial charge in [-0.1, -0.05) is 73.4 Å². The summed E-state index contributed by atoms with van der Waals surface area (Å²) in [5.41, 5.74) is 4.29. The lowest BCUT2D eigenvalue weighted by Crippen LogP contribution is -2.42. The van der Waals surface area contributed by atoms with E-state index in [4.69, 9.17) is 0 Å². The predicted octanol–water partition coefficient (Wildman–Crippen LogP) is 5.34. The molecular formula is C33H39NO5. The molecule has 0 aromatic heterocycles. The van der Waals surface area contributed by atoms with Crippen molar-refractivity contribution in [1.29, 1.82) is 0 Å². The highest BCUT2D eigenvalue weighted by Gasteiger charge is 2.55. The van der Waals surface area contributed by atoms with E-state index in [1.165, 1.54) is 4.90 Å². The van der Waals surface area contributed by atoms with Gasteiger partial charge in [0, 0.05) is 17.5 Å². The first-order valence-corrected chi connectivity index (χ1v) is 14.3. The minimum Gasteiger partial charge on any atom is -0.507 e. The minimum atomic E-state index is -0.855. The molecule has 1 saturated carbocycles. The van der Waals surface area contributed by atoms with E-state index in [0.29, 0.717) is 30.4 Å². The number of hydrogen-bond donors (Lipinski definition) is 3. The van der Waals surface area contributed by atoms with E-state index in [1.807, 2.05) is 55.5 Å². The molecule has 2 aromatic rings. The number of phenolic OH excluding ortho intramolecular Hbond substituents is 1. The average molecular weight is 530 g/mol. The number of aliphatic hydroxyl groups is 2. The topological polar surface area (TPSA) is 98.1 Å². The molecule has 0 radical (unpaired) electrons. The van der Waals surface area contributed by atoms with Crippen LogP contribution in [0.1, 0.15) is 69.4 Å². The molecular weight excluding hydrogens is 490 g/mol. The molecule has 3 N–H and O–H groups in total. The van der Waals surface area contributed by atoms with Crippen molar-refractivity contribution in [3.63, 3.8) is 0 Å². The van der Waals surface area contributed by atoms with Crippen LogP contribution in [0.25, 0.3) is 11.6 Å². The van der Waals surface area contributed by atoms with Crippen molar-refractivity contribution in [1.82, 2.24) is 4.90 Å². The first-order valence-electron chi connectivity index (χ1n) is 14.3. The highest BCUT2D eigenvalue weighted by atomic mass is 16.3. The van der Waals surface area contributed by atoms with Crippen LogP contribution in [-0.2, 0) is 9.59 Å². The van der Waals surface area contributed by atoms with Gasteiger partial charge in [0.2, 0.25) is 11.8 Å². The largest absolute Gasteiger partial charge is 0.507 e. The Balaban J connectivity index is 1.38. The molecule has 2 aromatic carbocycles. The van der Waals surface area contributed by atoms with E-state index in [0.717, 1.165) is 48.8 Å². The van der Waals surface area contributed by atoms with Gasteiger partial charge in [0.15, 0.2) is 0 Å². The van der Waals surface area contributed by atoms with Gasteiger partial charge in [-0.05, 0) is 67.9 Å². The summed E-state index contributed by atoms with van der Waals surface area (Å²) in [6.07, 6.45) is 7.36. The van der Waals surface area contributed by atoms with Gasteiger partial charge in [-0.25, -0.2) is 0 Å². The summed E-state index contributed by atoms with van der Waals surface area (Å²) in [4.78, 5) is 28.6. The van der Waals surface area contributed by atoms with Crippen molar-refractivity contribution in [3.05, 3.63) is 76.9 Å². The quantitative estimate of drug-likeness (QED) is 0.244. The van der Waals surface area contributed by atoms with Crippen molar-refractivity contribution in [2.45, 2.75) is 70.4 Å². The van der Waals surface area contributed by atoms with Gasteiger partial charge in [-0.2, -0.15) is 0 Å². The molecule has 6 nitrogen and oxygen atoms in total. The second-order valence-electron chi connectivity index (χ2n) is 11.3. The number of carbonyl (C=O) groups is 2. The fourth-order valence-electron chi connectivity index (χ4n) is 7.04. The monoisotopic (exact) mass is 529 g/mol. The van der Waals surface area contributed by atoms with Crippen molar-refractivity contribution >= 4 is 23.5 Å². The summed E-state index contributed by atoms with van der Waals surface area (Å²) in [5.74, 6) is -1.70. The van der Waals surface area contributed by atoms with E-state index in [9.17, 15) is 24.9 Å². The molecule has 2 amide bonds. The molecule has 4 atom stereocenters. The number of phenols is 1. The maximum Gasteiger partial charge on any atom is 0.234 e. The van der Waals surface area contributed by atoms with E-state index >= 15 is 0 Å². The number of nitrogens with zero attached hydrogens (tertiary/aromatic N) is 1.